The lowest BCUT2D eigenvalue weighted by molar-refractivity contribution is -0.134. The Labute approximate surface area is 113 Å². The van der Waals surface area contributed by atoms with Crippen LogP contribution in [0.4, 0.5) is 0 Å². The van der Waals surface area contributed by atoms with Gasteiger partial charge in [-0.15, -0.1) is 0 Å². The molecular weight excluding hydrogens is 242 g/mol. The van der Waals surface area contributed by atoms with Gasteiger partial charge in [-0.05, 0) is 13.0 Å². The summed E-state index contributed by atoms with van der Waals surface area (Å²) < 4.78 is 4.47. The van der Waals surface area contributed by atoms with Gasteiger partial charge >= 0.3 is 5.97 Å². The third-order valence-corrected chi connectivity index (χ3v) is 2.42. The minimum atomic E-state index is -0.361. The average Bonchev–Trinajstić information content (AvgIpc) is 2.86. The molecule has 0 radical (unpaired) electrons. The Morgan fingerprint density at radius 2 is 2.26 bits per heavy atom. The summed E-state index contributed by atoms with van der Waals surface area (Å²) in [5.41, 5.74) is 0.998. The second-order valence-electron chi connectivity index (χ2n) is 3.93. The molecule has 0 N–H and O–H groups in total. The van der Waals surface area contributed by atoms with Gasteiger partial charge in [-0.25, -0.2) is 4.79 Å². The number of hydrogen-bond acceptors (Lipinski definition) is 4. The number of esters is 1. The van der Waals surface area contributed by atoms with E-state index >= 15 is 0 Å². The molecule has 0 amide bonds. The molecule has 0 bridgehead atoms. The average molecular weight is 261 g/mol. The van der Waals surface area contributed by atoms with E-state index in [9.17, 15) is 4.79 Å². The van der Waals surface area contributed by atoms with Crippen LogP contribution in [0.3, 0.4) is 0 Å². The summed E-state index contributed by atoms with van der Waals surface area (Å²) in [6.07, 6.45) is 16.2. The van der Waals surface area contributed by atoms with Gasteiger partial charge in [0.25, 0.3) is 0 Å². The van der Waals surface area contributed by atoms with Crippen molar-refractivity contribution in [2.75, 3.05) is 7.11 Å². The fourth-order valence-electron chi connectivity index (χ4n) is 1.46. The molecule has 0 spiro atoms. The Hall–Kier alpha value is -2.10. The van der Waals surface area contributed by atoms with E-state index in [-0.39, 0.29) is 12.1 Å². The maximum atomic E-state index is 10.8. The first-order valence-electron chi connectivity index (χ1n) is 6.18. The zero-order chi connectivity index (χ0) is 13.9. The first-order chi connectivity index (χ1) is 9.26. The van der Waals surface area contributed by atoms with Gasteiger partial charge in [0.15, 0.2) is 6.10 Å². The third kappa shape index (κ3) is 6.41. The predicted molar refractivity (Wildman–Crippen MR) is 75.8 cm³/mol. The van der Waals surface area contributed by atoms with Crippen molar-refractivity contribution in [2.45, 2.75) is 25.9 Å². The van der Waals surface area contributed by atoms with Crippen molar-refractivity contribution in [2.24, 2.45) is 5.16 Å². The second-order valence-corrected chi connectivity index (χ2v) is 3.93. The number of carbonyl (C=O) groups is 1. The number of allylic oxidation sites excluding steroid dienone is 6. The number of carbonyl (C=O) groups excluding carboxylic acids is 1. The first kappa shape index (κ1) is 15.0. The Bertz CT molecular complexity index is 431. The molecule has 1 aliphatic heterocycles. The lowest BCUT2D eigenvalue weighted by atomic mass is 10.1. The van der Waals surface area contributed by atoms with Crippen molar-refractivity contribution in [3.63, 3.8) is 0 Å². The van der Waals surface area contributed by atoms with Crippen LogP contribution in [-0.4, -0.2) is 24.9 Å². The molecule has 0 unspecified atom stereocenters. The summed E-state index contributed by atoms with van der Waals surface area (Å²) in [7, 11) is 1.35. The molecule has 0 saturated carbocycles. The molecule has 1 heterocycles. The van der Waals surface area contributed by atoms with E-state index in [1.807, 2.05) is 37.3 Å². The topological polar surface area (TPSA) is 47.9 Å². The predicted octanol–water partition coefficient (Wildman–Crippen LogP) is 2.94. The maximum absolute atomic E-state index is 10.8. The summed E-state index contributed by atoms with van der Waals surface area (Å²) in [6, 6.07) is 0. The van der Waals surface area contributed by atoms with E-state index < -0.39 is 0 Å². The highest BCUT2D eigenvalue weighted by Crippen LogP contribution is 2.14. The van der Waals surface area contributed by atoms with E-state index in [2.05, 4.69) is 9.89 Å². The van der Waals surface area contributed by atoms with Crippen LogP contribution in [0, 0.1) is 0 Å². The van der Waals surface area contributed by atoms with Gasteiger partial charge < -0.3 is 9.57 Å². The van der Waals surface area contributed by atoms with Crippen LogP contribution in [0.25, 0.3) is 0 Å². The summed E-state index contributed by atoms with van der Waals surface area (Å²) >= 11 is 0. The smallest absolute Gasteiger partial charge is 0.330 e. The molecule has 1 aliphatic rings. The molecule has 0 aromatic carbocycles. The zero-order valence-electron chi connectivity index (χ0n) is 11.3. The number of nitrogens with zero attached hydrogens (tertiary/aromatic N) is 1. The van der Waals surface area contributed by atoms with Gasteiger partial charge in [0.1, 0.15) is 0 Å². The van der Waals surface area contributed by atoms with Crippen LogP contribution >= 0.6 is 0 Å². The first-order valence-corrected chi connectivity index (χ1v) is 6.18. The van der Waals surface area contributed by atoms with Crippen molar-refractivity contribution < 1.29 is 14.4 Å². The minimum Gasteiger partial charge on any atom is -0.466 e. The molecule has 0 fully saturated rings. The molecule has 4 heteroatoms. The number of rotatable bonds is 6. The van der Waals surface area contributed by atoms with E-state index in [4.69, 9.17) is 4.84 Å². The highest BCUT2D eigenvalue weighted by molar-refractivity contribution is 5.87. The van der Waals surface area contributed by atoms with Gasteiger partial charge in [0.2, 0.25) is 0 Å². The van der Waals surface area contributed by atoms with Crippen LogP contribution in [-0.2, 0) is 14.4 Å². The lowest BCUT2D eigenvalue weighted by Gasteiger charge is -1.98. The van der Waals surface area contributed by atoms with E-state index in [1.165, 1.54) is 13.2 Å². The summed E-state index contributed by atoms with van der Waals surface area (Å²) in [4.78, 5) is 16.1. The molecule has 4 nitrogen and oxygen atoms in total. The molecular formula is C15H19NO3. The van der Waals surface area contributed by atoms with Gasteiger partial charge in [-0.2, -0.15) is 0 Å². The fourth-order valence-corrected chi connectivity index (χ4v) is 1.46. The molecule has 0 aromatic heterocycles. The minimum absolute atomic E-state index is 0.0326. The van der Waals surface area contributed by atoms with Crippen LogP contribution in [0.1, 0.15) is 19.8 Å². The van der Waals surface area contributed by atoms with Crippen molar-refractivity contribution in [3.8, 4) is 0 Å². The largest absolute Gasteiger partial charge is 0.466 e. The van der Waals surface area contributed by atoms with Crippen LogP contribution in [0.5, 0.6) is 0 Å². The van der Waals surface area contributed by atoms with Crippen LogP contribution in [0.2, 0.25) is 0 Å². The Kier molecular flexibility index (Phi) is 7.02. The molecule has 102 valence electrons. The molecule has 0 saturated heterocycles. The lowest BCUT2D eigenvalue weighted by Crippen LogP contribution is -2.02. The quantitative estimate of drug-likeness (QED) is 0.419. The normalized spacial score (nSPS) is 19.7. The van der Waals surface area contributed by atoms with E-state index in [0.717, 1.165) is 18.6 Å². The van der Waals surface area contributed by atoms with Gasteiger partial charge in [0, 0.05) is 18.9 Å². The van der Waals surface area contributed by atoms with Crippen molar-refractivity contribution in [3.05, 3.63) is 48.6 Å². The highest BCUT2D eigenvalue weighted by Gasteiger charge is 2.16. The van der Waals surface area contributed by atoms with Crippen molar-refractivity contribution in [1.29, 1.82) is 0 Å². The van der Waals surface area contributed by atoms with Crippen molar-refractivity contribution in [1.82, 2.24) is 0 Å². The Morgan fingerprint density at radius 1 is 1.42 bits per heavy atom. The SMILES string of the molecule is C/C=C/C=C/[C@H]1CC(C/C=C/C=C/C(=O)OC)=NO1. The summed E-state index contributed by atoms with van der Waals surface area (Å²) in [6.45, 7) is 1.97. The van der Waals surface area contributed by atoms with Crippen molar-refractivity contribution >= 4 is 11.7 Å². The third-order valence-electron chi connectivity index (χ3n) is 2.42. The molecule has 0 aromatic rings. The van der Waals surface area contributed by atoms with Gasteiger partial charge in [0.05, 0.1) is 12.8 Å². The second kappa shape index (κ2) is 8.91. The van der Waals surface area contributed by atoms with Crippen LogP contribution < -0.4 is 0 Å². The fraction of sp³-hybridized carbons (Fsp3) is 0.333. The van der Waals surface area contributed by atoms with E-state index in [1.54, 1.807) is 12.2 Å². The molecule has 19 heavy (non-hydrogen) atoms. The van der Waals surface area contributed by atoms with Gasteiger partial charge in [-0.1, -0.05) is 41.6 Å². The standard InChI is InChI=1S/C15H19NO3/c1-3-4-6-10-14-12-13(16-19-14)9-7-5-8-11-15(17)18-2/h3-8,10-11,14H,9,12H2,1-2H3/b4-3+,7-5+,10-6+,11-8+/t14-/m0/s1. The maximum Gasteiger partial charge on any atom is 0.330 e. The number of hydrogen-bond donors (Lipinski definition) is 0. The number of methoxy groups -OCH3 is 1. The molecule has 0 aliphatic carbocycles. The van der Waals surface area contributed by atoms with Crippen LogP contribution in [0.15, 0.2) is 53.8 Å². The summed E-state index contributed by atoms with van der Waals surface area (Å²) in [5, 5.41) is 4.02. The monoisotopic (exact) mass is 261 g/mol. The summed E-state index contributed by atoms with van der Waals surface area (Å²) in [5.74, 6) is -0.361. The zero-order valence-corrected chi connectivity index (χ0v) is 11.3. The number of oxime groups is 1. The highest BCUT2D eigenvalue weighted by atomic mass is 16.6. The Balaban J connectivity index is 2.27. The van der Waals surface area contributed by atoms with E-state index in [0.29, 0.717) is 0 Å². The Morgan fingerprint density at radius 3 is 3.00 bits per heavy atom. The van der Waals surface area contributed by atoms with Gasteiger partial charge in [-0.3, -0.25) is 0 Å². The molecule has 1 atom stereocenters. The molecule has 1 rings (SSSR count). The number of ether oxygens (including phenoxy) is 1.